The fourth-order valence-corrected chi connectivity index (χ4v) is 4.61. The molecule has 1 N–H and O–H groups in total. The van der Waals surface area contributed by atoms with Gasteiger partial charge in [0.25, 0.3) is 0 Å². The Morgan fingerprint density at radius 2 is 1.79 bits per heavy atom. The van der Waals surface area contributed by atoms with Crippen LogP contribution in [0.2, 0.25) is 0 Å². The molecular weight excluding hydrogens is 430 g/mol. The van der Waals surface area contributed by atoms with E-state index in [1.165, 1.54) is 5.56 Å². The highest BCUT2D eigenvalue weighted by atomic mass is 16.5. The third kappa shape index (κ3) is 5.02. The van der Waals surface area contributed by atoms with Crippen LogP contribution in [0.5, 0.6) is 5.75 Å². The SMILES string of the molecule is C=C(NCc1ccc(OC)cc1)N1C2CN(CC(C)c3ccccc3)C(=O)CN2C(=O)CN1C. The summed E-state index contributed by atoms with van der Waals surface area (Å²) in [6, 6.07) is 18.0. The van der Waals surface area contributed by atoms with Crippen molar-refractivity contribution in [3.05, 3.63) is 78.1 Å². The summed E-state index contributed by atoms with van der Waals surface area (Å²) in [5, 5.41) is 7.26. The molecule has 2 atom stereocenters. The smallest absolute Gasteiger partial charge is 0.242 e. The lowest BCUT2D eigenvalue weighted by atomic mass is 10.00. The molecular formula is C26H33N5O3. The highest BCUT2D eigenvalue weighted by Gasteiger charge is 2.44. The molecule has 2 unspecified atom stereocenters. The normalized spacial score (nSPS) is 19.6. The number of carbonyl (C=O) groups is 2. The van der Waals surface area contributed by atoms with Crippen molar-refractivity contribution in [2.75, 3.05) is 40.3 Å². The van der Waals surface area contributed by atoms with Gasteiger partial charge in [0.1, 0.15) is 24.3 Å². The molecule has 2 fully saturated rings. The number of fused-ring (bicyclic) bond motifs is 1. The van der Waals surface area contributed by atoms with Gasteiger partial charge in [-0.1, -0.05) is 56.0 Å². The molecule has 4 rings (SSSR count). The van der Waals surface area contributed by atoms with Gasteiger partial charge in [-0.15, -0.1) is 0 Å². The van der Waals surface area contributed by atoms with Crippen LogP contribution in [0.15, 0.2) is 67.0 Å². The van der Waals surface area contributed by atoms with Gasteiger partial charge in [0.2, 0.25) is 11.8 Å². The van der Waals surface area contributed by atoms with Crippen LogP contribution in [0.1, 0.15) is 24.0 Å². The van der Waals surface area contributed by atoms with Gasteiger partial charge in [-0.05, 0) is 29.2 Å². The van der Waals surface area contributed by atoms with E-state index < -0.39 is 0 Å². The van der Waals surface area contributed by atoms with Crippen molar-refractivity contribution in [1.82, 2.24) is 25.1 Å². The van der Waals surface area contributed by atoms with Gasteiger partial charge >= 0.3 is 0 Å². The van der Waals surface area contributed by atoms with E-state index in [-0.39, 0.29) is 37.0 Å². The van der Waals surface area contributed by atoms with E-state index in [1.54, 1.807) is 12.0 Å². The minimum Gasteiger partial charge on any atom is -0.497 e. The number of benzene rings is 2. The maximum atomic E-state index is 12.9. The van der Waals surface area contributed by atoms with E-state index in [4.69, 9.17) is 4.74 Å². The number of rotatable bonds is 8. The van der Waals surface area contributed by atoms with E-state index in [0.29, 0.717) is 25.5 Å². The average Bonchev–Trinajstić information content (AvgIpc) is 2.84. The van der Waals surface area contributed by atoms with Crippen molar-refractivity contribution in [3.63, 3.8) is 0 Å². The second-order valence-electron chi connectivity index (χ2n) is 8.92. The molecule has 0 bridgehead atoms. The Morgan fingerprint density at radius 3 is 2.47 bits per heavy atom. The minimum atomic E-state index is -0.303. The molecule has 2 saturated heterocycles. The van der Waals surface area contributed by atoms with E-state index in [1.807, 2.05) is 64.4 Å². The summed E-state index contributed by atoms with van der Waals surface area (Å²) in [6.07, 6.45) is -0.303. The van der Waals surface area contributed by atoms with Crippen molar-refractivity contribution in [2.24, 2.45) is 0 Å². The molecule has 0 aromatic heterocycles. The number of amides is 2. The summed E-state index contributed by atoms with van der Waals surface area (Å²) < 4.78 is 5.23. The van der Waals surface area contributed by atoms with Crippen LogP contribution in [-0.2, 0) is 16.1 Å². The summed E-state index contributed by atoms with van der Waals surface area (Å²) in [6.45, 7) is 8.28. The van der Waals surface area contributed by atoms with Crippen LogP contribution >= 0.6 is 0 Å². The molecule has 180 valence electrons. The average molecular weight is 464 g/mol. The second kappa shape index (κ2) is 10.2. The number of carbonyl (C=O) groups excluding carboxylic acids is 2. The number of nitrogens with zero attached hydrogens (tertiary/aromatic N) is 4. The van der Waals surface area contributed by atoms with Crippen molar-refractivity contribution in [1.29, 1.82) is 0 Å². The fourth-order valence-electron chi connectivity index (χ4n) is 4.61. The number of ether oxygens (including phenoxy) is 1. The molecule has 0 saturated carbocycles. The maximum Gasteiger partial charge on any atom is 0.242 e. The van der Waals surface area contributed by atoms with Gasteiger partial charge in [-0.25, -0.2) is 5.01 Å². The van der Waals surface area contributed by atoms with Crippen molar-refractivity contribution in [2.45, 2.75) is 25.6 Å². The molecule has 0 spiro atoms. The molecule has 2 heterocycles. The van der Waals surface area contributed by atoms with E-state index in [9.17, 15) is 9.59 Å². The third-order valence-corrected chi connectivity index (χ3v) is 6.53. The quantitative estimate of drug-likeness (QED) is 0.648. The van der Waals surface area contributed by atoms with Crippen molar-refractivity contribution < 1.29 is 14.3 Å². The summed E-state index contributed by atoms with van der Waals surface area (Å²) in [5.41, 5.74) is 2.28. The number of hydrogen-bond acceptors (Lipinski definition) is 6. The van der Waals surface area contributed by atoms with Gasteiger partial charge < -0.3 is 19.9 Å². The molecule has 8 heteroatoms. The molecule has 34 heavy (non-hydrogen) atoms. The Balaban J connectivity index is 1.46. The third-order valence-electron chi connectivity index (χ3n) is 6.53. The summed E-state index contributed by atoms with van der Waals surface area (Å²) in [7, 11) is 3.52. The molecule has 2 aliphatic rings. The summed E-state index contributed by atoms with van der Waals surface area (Å²) in [5.74, 6) is 1.62. The molecule has 2 aromatic carbocycles. The minimum absolute atomic E-state index is 0.0197. The zero-order valence-electron chi connectivity index (χ0n) is 20.1. The Morgan fingerprint density at radius 1 is 1.09 bits per heavy atom. The lowest BCUT2D eigenvalue weighted by Gasteiger charge is -2.53. The first-order valence-electron chi connectivity index (χ1n) is 11.6. The monoisotopic (exact) mass is 463 g/mol. The molecule has 2 amide bonds. The van der Waals surface area contributed by atoms with Crippen LogP contribution in [0.4, 0.5) is 0 Å². The van der Waals surface area contributed by atoms with E-state index in [2.05, 4.69) is 31.0 Å². The number of hydrazine groups is 1. The van der Waals surface area contributed by atoms with E-state index >= 15 is 0 Å². The highest BCUT2D eigenvalue weighted by Crippen LogP contribution is 2.26. The maximum absolute atomic E-state index is 12.9. The predicted octanol–water partition coefficient (Wildman–Crippen LogP) is 2.22. The topological polar surface area (TPSA) is 68.4 Å². The van der Waals surface area contributed by atoms with Crippen molar-refractivity contribution >= 4 is 11.8 Å². The largest absolute Gasteiger partial charge is 0.497 e. The number of hydrogen-bond donors (Lipinski definition) is 1. The lowest BCUT2D eigenvalue weighted by Crippen LogP contribution is -2.71. The van der Waals surface area contributed by atoms with Gasteiger partial charge in [0.05, 0.1) is 20.2 Å². The Labute approximate surface area is 201 Å². The predicted molar refractivity (Wildman–Crippen MR) is 130 cm³/mol. The molecule has 2 aromatic rings. The first-order chi connectivity index (χ1) is 16.4. The molecule has 8 nitrogen and oxygen atoms in total. The molecule has 0 aliphatic carbocycles. The van der Waals surface area contributed by atoms with Crippen molar-refractivity contribution in [3.8, 4) is 5.75 Å². The van der Waals surface area contributed by atoms with Crippen LogP contribution in [0.3, 0.4) is 0 Å². The van der Waals surface area contributed by atoms with Crippen LogP contribution in [-0.4, -0.2) is 78.1 Å². The summed E-state index contributed by atoms with van der Waals surface area (Å²) in [4.78, 5) is 29.2. The lowest BCUT2D eigenvalue weighted by molar-refractivity contribution is -0.183. The number of methoxy groups -OCH3 is 1. The molecule has 0 radical (unpaired) electrons. The zero-order valence-corrected chi connectivity index (χ0v) is 20.1. The number of piperazine rings is 1. The van der Waals surface area contributed by atoms with Gasteiger partial charge in [-0.2, -0.15) is 0 Å². The van der Waals surface area contributed by atoms with Gasteiger partial charge in [-0.3, -0.25) is 14.6 Å². The Hall–Kier alpha value is -3.52. The Bertz CT molecular complexity index is 1030. The number of nitrogens with one attached hydrogen (secondary N) is 1. The van der Waals surface area contributed by atoms with E-state index in [0.717, 1.165) is 11.3 Å². The fraction of sp³-hybridized carbons (Fsp3) is 0.385. The van der Waals surface area contributed by atoms with Gasteiger partial charge in [0, 0.05) is 20.1 Å². The Kier molecular flexibility index (Phi) is 7.07. The first-order valence-corrected chi connectivity index (χ1v) is 11.6. The van der Waals surface area contributed by atoms with Crippen LogP contribution in [0.25, 0.3) is 0 Å². The molecule has 2 aliphatic heterocycles. The van der Waals surface area contributed by atoms with Crippen LogP contribution < -0.4 is 10.1 Å². The zero-order chi connectivity index (χ0) is 24.2. The van der Waals surface area contributed by atoms with Gasteiger partial charge in [0.15, 0.2) is 0 Å². The second-order valence-corrected chi connectivity index (χ2v) is 8.92. The number of likely N-dealkylation sites (N-methyl/N-ethyl adjacent to an activating group) is 1. The summed E-state index contributed by atoms with van der Waals surface area (Å²) >= 11 is 0. The first kappa shape index (κ1) is 23.6. The highest BCUT2D eigenvalue weighted by molar-refractivity contribution is 5.87. The van der Waals surface area contributed by atoms with Crippen LogP contribution in [0, 0.1) is 0 Å². The standard InChI is InChI=1S/C26H33N5O3/c1-19(22-8-6-5-7-9-22)15-29-16-24-30(18-25(29)32)26(33)17-28(3)31(24)20(2)27-14-21-10-12-23(34-4)13-11-21/h5-13,19,24,27H,2,14-18H2,1,3-4H3.